The Hall–Kier alpha value is -0.910. The van der Waals surface area contributed by atoms with Crippen molar-refractivity contribution in [2.75, 3.05) is 6.54 Å². The normalized spacial score (nSPS) is 18.7. The van der Waals surface area contributed by atoms with Gasteiger partial charge in [-0.05, 0) is 0 Å². The van der Waals surface area contributed by atoms with Crippen LogP contribution in [0.2, 0.25) is 0 Å². The zero-order chi connectivity index (χ0) is 7.61. The molecule has 1 rings (SSSR count). The van der Waals surface area contributed by atoms with Crippen LogP contribution in [0.15, 0.2) is 12.4 Å². The highest BCUT2D eigenvalue weighted by Crippen LogP contribution is 2.14. The van der Waals surface area contributed by atoms with Crippen molar-refractivity contribution in [2.45, 2.75) is 6.18 Å². The van der Waals surface area contributed by atoms with E-state index in [-0.39, 0.29) is 0 Å². The van der Waals surface area contributed by atoms with Crippen molar-refractivity contribution < 1.29 is 13.2 Å². The quantitative estimate of drug-likeness (QED) is 0.569. The Morgan fingerprint density at radius 1 is 1.20 bits per heavy atom. The van der Waals surface area contributed by atoms with E-state index < -0.39 is 12.7 Å². The topological polar surface area (TPSA) is 27.3 Å². The fraction of sp³-hybridized carbons (Fsp3) is 0.500. The molecule has 0 unspecified atom stereocenters. The molecule has 0 atom stereocenters. The first kappa shape index (κ1) is 7.20. The number of rotatable bonds is 1. The summed E-state index contributed by atoms with van der Waals surface area (Å²) in [7, 11) is 0. The summed E-state index contributed by atoms with van der Waals surface area (Å²) in [6.45, 7) is -1.01. The molecule has 10 heavy (non-hydrogen) atoms. The second-order valence-electron chi connectivity index (χ2n) is 1.79. The number of hydrazine groups is 2. The van der Waals surface area contributed by atoms with Crippen molar-refractivity contribution in [2.24, 2.45) is 0 Å². The van der Waals surface area contributed by atoms with Crippen molar-refractivity contribution in [3.63, 3.8) is 0 Å². The van der Waals surface area contributed by atoms with Crippen molar-refractivity contribution in [3.8, 4) is 0 Å². The maximum absolute atomic E-state index is 11.6. The first-order valence-electron chi connectivity index (χ1n) is 2.59. The molecular weight excluding hydrogens is 147 g/mol. The first-order valence-corrected chi connectivity index (χ1v) is 2.59. The molecule has 1 aliphatic rings. The molecule has 1 heterocycles. The van der Waals surface area contributed by atoms with E-state index in [9.17, 15) is 13.2 Å². The van der Waals surface area contributed by atoms with Gasteiger partial charge in [0.25, 0.3) is 0 Å². The highest BCUT2D eigenvalue weighted by molar-refractivity contribution is 4.81. The summed E-state index contributed by atoms with van der Waals surface area (Å²) in [4.78, 5) is 0. The molecule has 0 saturated heterocycles. The highest BCUT2D eigenvalue weighted by atomic mass is 19.4. The van der Waals surface area contributed by atoms with E-state index in [1.807, 2.05) is 0 Å². The second kappa shape index (κ2) is 2.37. The summed E-state index contributed by atoms with van der Waals surface area (Å²) in [5.41, 5.74) is 4.67. The molecule has 0 aromatic carbocycles. The molecule has 6 heteroatoms. The predicted octanol–water partition coefficient (Wildman–Crippen LogP) is 0.345. The molecule has 1 aliphatic heterocycles. The van der Waals surface area contributed by atoms with Gasteiger partial charge in [0.15, 0.2) is 0 Å². The van der Waals surface area contributed by atoms with E-state index in [0.29, 0.717) is 0 Å². The fourth-order valence-corrected chi connectivity index (χ4v) is 0.562. The van der Waals surface area contributed by atoms with E-state index in [0.717, 1.165) is 5.12 Å². The second-order valence-corrected chi connectivity index (χ2v) is 1.79. The lowest BCUT2D eigenvalue weighted by Crippen LogP contribution is -2.44. The van der Waals surface area contributed by atoms with Gasteiger partial charge in [0, 0.05) is 12.4 Å². The SMILES string of the molecule is FC(F)(F)CN1NC=CN1. The van der Waals surface area contributed by atoms with Gasteiger partial charge in [-0.3, -0.25) is 0 Å². The van der Waals surface area contributed by atoms with E-state index >= 15 is 0 Å². The number of hydrogen-bond donors (Lipinski definition) is 2. The molecule has 0 bridgehead atoms. The Balaban J connectivity index is 2.26. The monoisotopic (exact) mass is 153 g/mol. The van der Waals surface area contributed by atoms with Crippen LogP contribution in [0.4, 0.5) is 13.2 Å². The van der Waals surface area contributed by atoms with Gasteiger partial charge in [-0.1, -0.05) is 0 Å². The zero-order valence-electron chi connectivity index (χ0n) is 4.94. The van der Waals surface area contributed by atoms with Crippen LogP contribution in [-0.4, -0.2) is 17.8 Å². The van der Waals surface area contributed by atoms with Gasteiger partial charge in [-0.25, -0.2) is 0 Å². The molecule has 0 saturated carbocycles. The van der Waals surface area contributed by atoms with Crippen LogP contribution < -0.4 is 10.9 Å². The summed E-state index contributed by atoms with van der Waals surface area (Å²) in [6, 6.07) is 0. The average molecular weight is 153 g/mol. The Kier molecular flexibility index (Phi) is 1.71. The number of halogens is 3. The van der Waals surface area contributed by atoms with Crippen molar-refractivity contribution >= 4 is 0 Å². The van der Waals surface area contributed by atoms with E-state index in [1.165, 1.54) is 12.4 Å². The van der Waals surface area contributed by atoms with Crippen LogP contribution in [0.1, 0.15) is 0 Å². The van der Waals surface area contributed by atoms with Crippen LogP contribution in [0.3, 0.4) is 0 Å². The third-order valence-corrected chi connectivity index (χ3v) is 0.881. The number of nitrogens with zero attached hydrogens (tertiary/aromatic N) is 1. The summed E-state index contributed by atoms with van der Waals surface area (Å²) in [5, 5.41) is 0.833. The van der Waals surface area contributed by atoms with Gasteiger partial charge in [0.05, 0.1) is 0 Å². The molecule has 0 radical (unpaired) electrons. The minimum Gasteiger partial charge on any atom is -0.307 e. The molecule has 2 N–H and O–H groups in total. The third kappa shape index (κ3) is 2.14. The average Bonchev–Trinajstić information content (AvgIpc) is 2.12. The predicted molar refractivity (Wildman–Crippen MR) is 28.2 cm³/mol. The first-order chi connectivity index (χ1) is 4.58. The molecule has 3 nitrogen and oxygen atoms in total. The number of nitrogens with one attached hydrogen (secondary N) is 2. The van der Waals surface area contributed by atoms with E-state index in [2.05, 4.69) is 10.9 Å². The lowest BCUT2D eigenvalue weighted by Gasteiger charge is -2.17. The number of hydrogen-bond acceptors (Lipinski definition) is 3. The van der Waals surface area contributed by atoms with Gasteiger partial charge in [0.1, 0.15) is 6.54 Å². The Labute approximate surface area is 55.4 Å². The van der Waals surface area contributed by atoms with Gasteiger partial charge in [0.2, 0.25) is 0 Å². The summed E-state index contributed by atoms with van der Waals surface area (Å²) < 4.78 is 34.7. The fourth-order valence-electron chi connectivity index (χ4n) is 0.562. The standard InChI is InChI=1S/C4H6F3N3/c5-4(6,7)3-10-8-1-2-9-10/h1-2,8-9H,3H2. The van der Waals surface area contributed by atoms with Crippen LogP contribution in [0, 0.1) is 0 Å². The largest absolute Gasteiger partial charge is 0.405 e. The Morgan fingerprint density at radius 3 is 2.10 bits per heavy atom. The zero-order valence-corrected chi connectivity index (χ0v) is 4.94. The molecule has 0 spiro atoms. The van der Waals surface area contributed by atoms with Gasteiger partial charge >= 0.3 is 6.18 Å². The van der Waals surface area contributed by atoms with Crippen LogP contribution >= 0.6 is 0 Å². The summed E-state index contributed by atoms with van der Waals surface area (Å²) in [6.07, 6.45) is -1.41. The molecule has 58 valence electrons. The molecular formula is C4H6F3N3. The van der Waals surface area contributed by atoms with Crippen molar-refractivity contribution in [3.05, 3.63) is 12.4 Å². The lowest BCUT2D eigenvalue weighted by atomic mass is 10.6. The van der Waals surface area contributed by atoms with Gasteiger partial charge in [-0.2, -0.15) is 13.2 Å². The Morgan fingerprint density at radius 2 is 1.70 bits per heavy atom. The van der Waals surface area contributed by atoms with Crippen LogP contribution in [-0.2, 0) is 0 Å². The number of alkyl halides is 3. The maximum atomic E-state index is 11.6. The van der Waals surface area contributed by atoms with E-state index in [1.54, 1.807) is 0 Å². The van der Waals surface area contributed by atoms with Gasteiger partial charge in [-0.15, -0.1) is 5.12 Å². The van der Waals surface area contributed by atoms with Crippen LogP contribution in [0.25, 0.3) is 0 Å². The molecule has 0 aromatic heterocycles. The Bertz CT molecular complexity index is 133. The van der Waals surface area contributed by atoms with Crippen LogP contribution in [0.5, 0.6) is 0 Å². The smallest absolute Gasteiger partial charge is 0.307 e. The van der Waals surface area contributed by atoms with Crippen molar-refractivity contribution in [1.29, 1.82) is 0 Å². The van der Waals surface area contributed by atoms with Crippen molar-refractivity contribution in [1.82, 2.24) is 16.0 Å². The van der Waals surface area contributed by atoms with E-state index in [4.69, 9.17) is 0 Å². The maximum Gasteiger partial charge on any atom is 0.405 e. The third-order valence-electron chi connectivity index (χ3n) is 0.881. The molecule has 0 aromatic rings. The lowest BCUT2D eigenvalue weighted by molar-refractivity contribution is -0.154. The minimum absolute atomic E-state index is 0.833. The molecule has 0 aliphatic carbocycles. The molecule has 0 fully saturated rings. The summed E-state index contributed by atoms with van der Waals surface area (Å²) in [5.74, 6) is 0. The van der Waals surface area contributed by atoms with Gasteiger partial charge < -0.3 is 10.9 Å². The molecule has 0 amide bonds. The summed E-state index contributed by atoms with van der Waals surface area (Å²) >= 11 is 0. The minimum atomic E-state index is -4.17. The highest BCUT2D eigenvalue weighted by Gasteiger charge is 2.31.